The summed E-state index contributed by atoms with van der Waals surface area (Å²) in [6, 6.07) is 0. The molecule has 0 saturated heterocycles. The van der Waals surface area contributed by atoms with Crippen molar-refractivity contribution in [2.24, 2.45) is 0 Å². The third-order valence-electron chi connectivity index (χ3n) is 8.39. The van der Waals surface area contributed by atoms with Crippen LogP contribution in [0.3, 0.4) is 0 Å². The van der Waals surface area contributed by atoms with Crippen LogP contribution in [0, 0.1) is 0 Å². The average Bonchev–Trinajstić information content (AvgIpc) is 3.14. The lowest BCUT2D eigenvalue weighted by molar-refractivity contribution is -0.161. The van der Waals surface area contributed by atoms with Gasteiger partial charge in [0.1, 0.15) is 6.61 Å². The SMILES string of the molecule is CCCCC/C=C\C/C=C\C/C=C\C/C=C\CCCCCC(=O)O[C@H](COC(=O)CCCCCC/C=C\C/C=C\C/C=C\CCCCC)COP(=O)(O)O. The van der Waals surface area contributed by atoms with Crippen LogP contribution in [-0.2, 0) is 28.2 Å². The van der Waals surface area contributed by atoms with Crippen molar-refractivity contribution in [2.45, 2.75) is 174 Å². The highest BCUT2D eigenvalue weighted by molar-refractivity contribution is 7.46. The van der Waals surface area contributed by atoms with Crippen LogP contribution in [0.25, 0.3) is 0 Å². The molecule has 2 N–H and O–H groups in total. The van der Waals surface area contributed by atoms with E-state index in [-0.39, 0.29) is 19.4 Å². The molecule has 0 saturated carbocycles. The minimum atomic E-state index is -4.77. The highest BCUT2D eigenvalue weighted by atomic mass is 31.2. The summed E-state index contributed by atoms with van der Waals surface area (Å²) in [5, 5.41) is 0. The van der Waals surface area contributed by atoms with E-state index < -0.39 is 32.5 Å². The molecule has 0 fully saturated rings. The number of carbonyl (C=O) groups excluding carboxylic acids is 2. The molecule has 0 bridgehead atoms. The Morgan fingerprint density at radius 1 is 0.481 bits per heavy atom. The van der Waals surface area contributed by atoms with E-state index in [2.05, 4.69) is 103 Å². The quantitative estimate of drug-likeness (QED) is 0.0277. The van der Waals surface area contributed by atoms with Gasteiger partial charge in [0.2, 0.25) is 0 Å². The number of phosphoric acid groups is 1. The van der Waals surface area contributed by atoms with Gasteiger partial charge in [-0.1, -0.05) is 144 Å². The molecule has 308 valence electrons. The molecule has 0 unspecified atom stereocenters. The van der Waals surface area contributed by atoms with Gasteiger partial charge in [-0.15, -0.1) is 0 Å². The fourth-order valence-electron chi connectivity index (χ4n) is 5.24. The van der Waals surface area contributed by atoms with Crippen molar-refractivity contribution in [3.8, 4) is 0 Å². The van der Waals surface area contributed by atoms with Gasteiger partial charge in [-0.05, 0) is 96.3 Å². The van der Waals surface area contributed by atoms with Gasteiger partial charge in [0.25, 0.3) is 0 Å². The standard InChI is InChI=1S/C45H75O8P/c1-3-5-7-9-11-13-15-17-19-21-22-24-26-28-30-32-34-36-38-40-45(47)53-43(42-52-54(48,49)50)41-51-44(46)39-37-35-33-31-29-27-25-23-20-18-16-14-12-10-8-6-4-2/h11-14,17-20,22,24-25,27-28,30,43H,3-10,15-16,21,23,26,29,31-42H2,1-2H3,(H2,48,49,50)/b13-11-,14-12-,19-17-,20-18-,24-22-,27-25-,30-28-/t43-/m1/s1. The summed E-state index contributed by atoms with van der Waals surface area (Å²) >= 11 is 0. The lowest BCUT2D eigenvalue weighted by Crippen LogP contribution is -2.29. The summed E-state index contributed by atoms with van der Waals surface area (Å²) in [6.07, 6.45) is 53.0. The minimum absolute atomic E-state index is 0.164. The number of phosphoric ester groups is 1. The molecule has 1 atom stereocenters. The van der Waals surface area contributed by atoms with Gasteiger partial charge >= 0.3 is 19.8 Å². The van der Waals surface area contributed by atoms with Gasteiger partial charge in [0.15, 0.2) is 6.10 Å². The molecule has 0 radical (unpaired) electrons. The Hall–Kier alpha value is -2.77. The molecule has 0 spiro atoms. The number of rotatable bonds is 37. The average molecular weight is 775 g/mol. The molecule has 0 aromatic heterocycles. The maximum Gasteiger partial charge on any atom is 0.469 e. The summed E-state index contributed by atoms with van der Waals surface area (Å²) in [5.41, 5.74) is 0. The molecule has 0 aromatic carbocycles. The van der Waals surface area contributed by atoms with Crippen LogP contribution in [0.4, 0.5) is 0 Å². The van der Waals surface area contributed by atoms with Crippen LogP contribution in [0.1, 0.15) is 168 Å². The minimum Gasteiger partial charge on any atom is -0.462 e. The second-order valence-electron chi connectivity index (χ2n) is 13.6. The summed E-state index contributed by atoms with van der Waals surface area (Å²) in [7, 11) is -4.77. The van der Waals surface area contributed by atoms with E-state index in [1.54, 1.807) is 0 Å². The summed E-state index contributed by atoms with van der Waals surface area (Å²) < 4.78 is 26.3. The van der Waals surface area contributed by atoms with Crippen molar-refractivity contribution >= 4 is 19.8 Å². The number of ether oxygens (including phenoxy) is 2. The zero-order chi connectivity index (χ0) is 39.6. The number of unbranched alkanes of at least 4 members (excludes halogenated alkanes) is 13. The molecule has 54 heavy (non-hydrogen) atoms. The monoisotopic (exact) mass is 775 g/mol. The van der Waals surface area contributed by atoms with E-state index in [0.717, 1.165) is 77.0 Å². The van der Waals surface area contributed by atoms with E-state index in [1.165, 1.54) is 51.4 Å². The Kier molecular flexibility index (Phi) is 37.9. The molecule has 0 aliphatic carbocycles. The molecular formula is C45H75O8P. The Bertz CT molecular complexity index is 1140. The zero-order valence-corrected chi connectivity index (χ0v) is 34.7. The zero-order valence-electron chi connectivity index (χ0n) is 33.8. The van der Waals surface area contributed by atoms with Crippen LogP contribution in [0.2, 0.25) is 0 Å². The third kappa shape index (κ3) is 42.0. The lowest BCUT2D eigenvalue weighted by atomic mass is 10.1. The molecule has 0 aliphatic rings. The Morgan fingerprint density at radius 3 is 1.24 bits per heavy atom. The van der Waals surface area contributed by atoms with E-state index >= 15 is 0 Å². The molecule has 0 rings (SSSR count). The van der Waals surface area contributed by atoms with E-state index in [0.29, 0.717) is 12.8 Å². The van der Waals surface area contributed by atoms with Crippen molar-refractivity contribution in [1.29, 1.82) is 0 Å². The van der Waals surface area contributed by atoms with Gasteiger partial charge in [0.05, 0.1) is 6.61 Å². The summed E-state index contributed by atoms with van der Waals surface area (Å²) in [6.45, 7) is 3.57. The van der Waals surface area contributed by atoms with Gasteiger partial charge in [0, 0.05) is 12.8 Å². The topological polar surface area (TPSA) is 119 Å². The molecule has 0 heterocycles. The molecule has 8 nitrogen and oxygen atoms in total. The van der Waals surface area contributed by atoms with Gasteiger partial charge in [-0.3, -0.25) is 14.1 Å². The Morgan fingerprint density at radius 2 is 0.833 bits per heavy atom. The fraction of sp³-hybridized carbons (Fsp3) is 0.644. The molecular weight excluding hydrogens is 699 g/mol. The van der Waals surface area contributed by atoms with Crippen molar-refractivity contribution in [1.82, 2.24) is 0 Å². The first-order valence-corrected chi connectivity index (χ1v) is 22.4. The highest BCUT2D eigenvalue weighted by Gasteiger charge is 2.22. The second kappa shape index (κ2) is 39.9. The van der Waals surface area contributed by atoms with Crippen molar-refractivity contribution < 1.29 is 37.9 Å². The number of hydrogen-bond acceptors (Lipinski definition) is 6. The first-order valence-electron chi connectivity index (χ1n) is 20.9. The van der Waals surface area contributed by atoms with Crippen LogP contribution in [0.5, 0.6) is 0 Å². The van der Waals surface area contributed by atoms with E-state index in [9.17, 15) is 14.2 Å². The molecule has 9 heteroatoms. The fourth-order valence-corrected chi connectivity index (χ4v) is 5.60. The predicted molar refractivity (Wildman–Crippen MR) is 225 cm³/mol. The van der Waals surface area contributed by atoms with Crippen LogP contribution in [-0.4, -0.2) is 41.0 Å². The number of esters is 2. The molecule has 0 aliphatic heterocycles. The Balaban J connectivity index is 4.07. The van der Waals surface area contributed by atoms with E-state index in [1.807, 2.05) is 0 Å². The first kappa shape index (κ1) is 51.2. The number of carbonyl (C=O) groups is 2. The highest BCUT2D eigenvalue weighted by Crippen LogP contribution is 2.36. The van der Waals surface area contributed by atoms with Gasteiger partial charge < -0.3 is 19.3 Å². The lowest BCUT2D eigenvalue weighted by Gasteiger charge is -2.18. The summed E-state index contributed by atoms with van der Waals surface area (Å²) in [4.78, 5) is 42.8. The smallest absolute Gasteiger partial charge is 0.462 e. The first-order chi connectivity index (χ1) is 26.3. The van der Waals surface area contributed by atoms with Crippen LogP contribution < -0.4 is 0 Å². The number of allylic oxidation sites excluding steroid dienone is 14. The molecule has 0 amide bonds. The van der Waals surface area contributed by atoms with Crippen molar-refractivity contribution in [2.75, 3.05) is 13.2 Å². The predicted octanol–water partition coefficient (Wildman–Crippen LogP) is 12.8. The van der Waals surface area contributed by atoms with Crippen molar-refractivity contribution in [3.63, 3.8) is 0 Å². The normalized spacial score (nSPS) is 13.3. The van der Waals surface area contributed by atoms with Gasteiger partial charge in [-0.2, -0.15) is 0 Å². The largest absolute Gasteiger partial charge is 0.469 e. The van der Waals surface area contributed by atoms with Crippen LogP contribution in [0.15, 0.2) is 85.1 Å². The Labute approximate surface area is 329 Å². The number of hydrogen-bond donors (Lipinski definition) is 2. The van der Waals surface area contributed by atoms with Crippen molar-refractivity contribution in [3.05, 3.63) is 85.1 Å². The van der Waals surface area contributed by atoms with Crippen LogP contribution >= 0.6 is 7.82 Å². The molecule has 0 aromatic rings. The third-order valence-corrected chi connectivity index (χ3v) is 8.87. The maximum absolute atomic E-state index is 12.4. The second-order valence-corrected chi connectivity index (χ2v) is 14.8. The maximum atomic E-state index is 12.4. The summed E-state index contributed by atoms with van der Waals surface area (Å²) in [5.74, 6) is -0.954. The van der Waals surface area contributed by atoms with E-state index in [4.69, 9.17) is 19.3 Å². The van der Waals surface area contributed by atoms with Gasteiger partial charge in [-0.25, -0.2) is 4.57 Å².